The van der Waals surface area contributed by atoms with Crippen LogP contribution in [0.3, 0.4) is 0 Å². The van der Waals surface area contributed by atoms with E-state index in [0.717, 1.165) is 64.2 Å². The Bertz CT molecular complexity index is 518. The van der Waals surface area contributed by atoms with Gasteiger partial charge in [0.1, 0.15) is 6.04 Å². The first kappa shape index (κ1) is 31.8. The van der Waals surface area contributed by atoms with Crippen LogP contribution in [0.2, 0.25) is 0 Å². The Hall–Kier alpha value is -1.26. The van der Waals surface area contributed by atoms with Gasteiger partial charge in [-0.15, -0.1) is 0 Å². The maximum atomic E-state index is 12.9. The van der Waals surface area contributed by atoms with Gasteiger partial charge in [0.25, 0.3) is 0 Å². The van der Waals surface area contributed by atoms with E-state index in [0.29, 0.717) is 19.1 Å². The number of carbonyl (C=O) groups excluding carboxylic acids is 2. The van der Waals surface area contributed by atoms with Gasteiger partial charge in [-0.1, -0.05) is 124 Å². The molecule has 0 aromatic carbocycles. The van der Waals surface area contributed by atoms with E-state index in [1.807, 2.05) is 0 Å². The van der Waals surface area contributed by atoms with Gasteiger partial charge in [-0.3, -0.25) is 0 Å². The topological polar surface area (TPSA) is 64.6 Å². The van der Waals surface area contributed by atoms with Gasteiger partial charge in [0.15, 0.2) is 0 Å². The first-order chi connectivity index (χ1) is 17.1. The molecule has 1 aliphatic rings. The third-order valence-corrected chi connectivity index (χ3v) is 7.63. The van der Waals surface area contributed by atoms with Crippen molar-refractivity contribution >= 4 is 12.1 Å². The Labute approximate surface area is 216 Å². The molecule has 2 unspecified atom stereocenters. The van der Waals surface area contributed by atoms with Crippen molar-refractivity contribution < 1.29 is 19.1 Å². The van der Waals surface area contributed by atoms with Crippen molar-refractivity contribution in [2.45, 2.75) is 155 Å². The molecule has 35 heavy (non-hydrogen) atoms. The molecule has 1 saturated carbocycles. The van der Waals surface area contributed by atoms with Crippen LogP contribution in [0.1, 0.15) is 149 Å². The molecular formula is C30H57NO4. The monoisotopic (exact) mass is 495 g/mol. The summed E-state index contributed by atoms with van der Waals surface area (Å²) in [5.74, 6) is 0.268. The molecule has 1 aliphatic carbocycles. The normalized spacial score (nSPS) is 16.0. The Kier molecular flexibility index (Phi) is 19.9. The predicted molar refractivity (Wildman–Crippen MR) is 146 cm³/mol. The smallest absolute Gasteiger partial charge is 0.407 e. The molecular weight excluding hydrogens is 438 g/mol. The van der Waals surface area contributed by atoms with Crippen molar-refractivity contribution in [1.29, 1.82) is 0 Å². The van der Waals surface area contributed by atoms with Gasteiger partial charge in [-0.25, -0.2) is 9.59 Å². The lowest BCUT2D eigenvalue weighted by Crippen LogP contribution is -2.48. The summed E-state index contributed by atoms with van der Waals surface area (Å²) in [6.07, 6.45) is 23.2. The fourth-order valence-corrected chi connectivity index (χ4v) is 5.13. The van der Waals surface area contributed by atoms with E-state index in [9.17, 15) is 9.59 Å². The molecule has 0 heterocycles. The summed E-state index contributed by atoms with van der Waals surface area (Å²) < 4.78 is 11.2. The molecule has 0 spiro atoms. The maximum absolute atomic E-state index is 12.9. The molecule has 1 amide bonds. The third kappa shape index (κ3) is 16.2. The van der Waals surface area contributed by atoms with E-state index < -0.39 is 12.1 Å². The van der Waals surface area contributed by atoms with Crippen LogP contribution in [0.5, 0.6) is 0 Å². The van der Waals surface area contributed by atoms with Gasteiger partial charge in [0.2, 0.25) is 0 Å². The Morgan fingerprint density at radius 1 is 0.743 bits per heavy atom. The van der Waals surface area contributed by atoms with Gasteiger partial charge >= 0.3 is 12.1 Å². The first-order valence-electron chi connectivity index (χ1n) is 15.2. The minimum atomic E-state index is -0.578. The van der Waals surface area contributed by atoms with E-state index >= 15 is 0 Å². The number of rotatable bonds is 21. The second kappa shape index (κ2) is 22.0. The Balaban J connectivity index is 2.29. The SMILES string of the molecule is CCCCCCCCCCCCCOC(=O)C(NC(=O)OCC(CC)CCCC)C1CCCCC1. The average molecular weight is 496 g/mol. The minimum absolute atomic E-state index is 0.156. The number of hydrogen-bond donors (Lipinski definition) is 1. The van der Waals surface area contributed by atoms with Crippen molar-refractivity contribution in [3.8, 4) is 0 Å². The van der Waals surface area contributed by atoms with Gasteiger partial charge < -0.3 is 14.8 Å². The number of hydrogen-bond acceptors (Lipinski definition) is 4. The van der Waals surface area contributed by atoms with Gasteiger partial charge in [-0.2, -0.15) is 0 Å². The van der Waals surface area contributed by atoms with Crippen LogP contribution in [0, 0.1) is 11.8 Å². The summed E-state index contributed by atoms with van der Waals surface area (Å²) >= 11 is 0. The molecule has 0 bridgehead atoms. The lowest BCUT2D eigenvalue weighted by Gasteiger charge is -2.29. The zero-order valence-electron chi connectivity index (χ0n) is 23.4. The van der Waals surface area contributed by atoms with Crippen LogP contribution in [-0.2, 0) is 14.3 Å². The summed E-state index contributed by atoms with van der Waals surface area (Å²) in [5, 5.41) is 2.88. The standard InChI is InChI=1S/C30H57NO4/c1-4-7-9-10-11-12-13-14-15-16-20-24-34-29(32)28(27-22-18-17-19-23-27)31-30(33)35-25-26(6-3)21-8-5-2/h26-28H,4-25H2,1-3H3,(H,31,33). The molecule has 0 aromatic heterocycles. The van der Waals surface area contributed by atoms with Gasteiger partial charge in [0.05, 0.1) is 13.2 Å². The van der Waals surface area contributed by atoms with Crippen molar-refractivity contribution in [2.24, 2.45) is 11.8 Å². The quantitative estimate of drug-likeness (QED) is 0.128. The molecule has 0 aliphatic heterocycles. The second-order valence-electron chi connectivity index (χ2n) is 10.7. The summed E-state index contributed by atoms with van der Waals surface area (Å²) in [7, 11) is 0. The Morgan fingerprint density at radius 3 is 1.89 bits per heavy atom. The van der Waals surface area contributed by atoms with E-state index in [2.05, 4.69) is 26.1 Å². The van der Waals surface area contributed by atoms with Crippen molar-refractivity contribution in [2.75, 3.05) is 13.2 Å². The van der Waals surface area contributed by atoms with Crippen LogP contribution in [0.15, 0.2) is 0 Å². The van der Waals surface area contributed by atoms with E-state index in [-0.39, 0.29) is 11.9 Å². The molecule has 206 valence electrons. The molecule has 1 rings (SSSR count). The number of nitrogens with one attached hydrogen (secondary N) is 1. The summed E-state index contributed by atoms with van der Waals surface area (Å²) in [5.41, 5.74) is 0. The van der Waals surface area contributed by atoms with Crippen LogP contribution in [-0.4, -0.2) is 31.3 Å². The van der Waals surface area contributed by atoms with Gasteiger partial charge in [0, 0.05) is 0 Å². The molecule has 1 N–H and O–H groups in total. The fourth-order valence-electron chi connectivity index (χ4n) is 5.13. The maximum Gasteiger partial charge on any atom is 0.407 e. The van der Waals surface area contributed by atoms with E-state index in [1.165, 1.54) is 64.2 Å². The molecule has 0 radical (unpaired) electrons. The number of esters is 1. The third-order valence-electron chi connectivity index (χ3n) is 7.63. The average Bonchev–Trinajstić information content (AvgIpc) is 2.88. The second-order valence-corrected chi connectivity index (χ2v) is 10.7. The molecule has 5 nitrogen and oxygen atoms in total. The van der Waals surface area contributed by atoms with Crippen LogP contribution in [0.4, 0.5) is 4.79 Å². The highest BCUT2D eigenvalue weighted by molar-refractivity contribution is 5.81. The molecule has 1 fully saturated rings. The molecule has 0 saturated heterocycles. The van der Waals surface area contributed by atoms with Crippen LogP contribution in [0.25, 0.3) is 0 Å². The summed E-state index contributed by atoms with van der Waals surface area (Å²) in [6, 6.07) is -0.578. The molecule has 0 aromatic rings. The fraction of sp³-hybridized carbons (Fsp3) is 0.933. The number of ether oxygens (including phenoxy) is 2. The largest absolute Gasteiger partial charge is 0.464 e. The Morgan fingerprint density at radius 2 is 1.31 bits per heavy atom. The predicted octanol–water partition coefficient (Wildman–Crippen LogP) is 8.73. The first-order valence-corrected chi connectivity index (χ1v) is 15.2. The highest BCUT2D eigenvalue weighted by Gasteiger charge is 2.32. The number of unbranched alkanes of at least 4 members (excludes halogenated alkanes) is 11. The number of carbonyl (C=O) groups is 2. The lowest BCUT2D eigenvalue weighted by atomic mass is 9.84. The van der Waals surface area contributed by atoms with Crippen LogP contribution < -0.4 is 5.32 Å². The summed E-state index contributed by atoms with van der Waals surface area (Å²) in [6.45, 7) is 7.45. The highest BCUT2D eigenvalue weighted by atomic mass is 16.6. The molecule has 5 heteroatoms. The van der Waals surface area contributed by atoms with Crippen molar-refractivity contribution in [3.63, 3.8) is 0 Å². The number of alkyl carbamates (subject to hydrolysis) is 1. The zero-order chi connectivity index (χ0) is 25.6. The highest BCUT2D eigenvalue weighted by Crippen LogP contribution is 2.27. The number of amides is 1. The lowest BCUT2D eigenvalue weighted by molar-refractivity contribution is -0.148. The van der Waals surface area contributed by atoms with E-state index in [1.54, 1.807) is 0 Å². The van der Waals surface area contributed by atoms with Crippen molar-refractivity contribution in [3.05, 3.63) is 0 Å². The van der Waals surface area contributed by atoms with Gasteiger partial charge in [-0.05, 0) is 37.5 Å². The molecule has 2 atom stereocenters. The van der Waals surface area contributed by atoms with Crippen LogP contribution >= 0.6 is 0 Å². The van der Waals surface area contributed by atoms with Crippen molar-refractivity contribution in [1.82, 2.24) is 5.32 Å². The zero-order valence-corrected chi connectivity index (χ0v) is 23.4. The summed E-state index contributed by atoms with van der Waals surface area (Å²) in [4.78, 5) is 25.4. The minimum Gasteiger partial charge on any atom is -0.464 e. The van der Waals surface area contributed by atoms with E-state index in [4.69, 9.17) is 9.47 Å².